The Morgan fingerprint density at radius 3 is 2.37 bits per heavy atom. The topological polar surface area (TPSA) is 15.3 Å². The van der Waals surface area contributed by atoms with Crippen LogP contribution in [0.1, 0.15) is 43.6 Å². The molecule has 0 aromatic heterocycles. The number of hydrogen-bond donors (Lipinski definition) is 1. The minimum absolute atomic E-state index is 0.729. The van der Waals surface area contributed by atoms with Crippen LogP contribution in [0.3, 0.4) is 0 Å². The van der Waals surface area contributed by atoms with E-state index in [1.54, 1.807) is 5.56 Å². The van der Waals surface area contributed by atoms with E-state index in [0.717, 1.165) is 18.0 Å². The molecule has 0 radical (unpaired) electrons. The SMILES string of the molecule is CNC1CCN(C2CCC(c3ccccc3)CC2)C1. The third-order valence-corrected chi connectivity index (χ3v) is 5.11. The first kappa shape index (κ1) is 13.1. The van der Waals surface area contributed by atoms with Gasteiger partial charge in [-0.05, 0) is 50.6 Å². The van der Waals surface area contributed by atoms with Crippen LogP contribution in [0.4, 0.5) is 0 Å². The predicted molar refractivity (Wildman–Crippen MR) is 80.5 cm³/mol. The average Bonchev–Trinajstić information content (AvgIpc) is 2.97. The van der Waals surface area contributed by atoms with Gasteiger partial charge in [0.25, 0.3) is 0 Å². The first-order valence-corrected chi connectivity index (χ1v) is 7.83. The molecule has 0 bridgehead atoms. The van der Waals surface area contributed by atoms with Gasteiger partial charge in [0, 0.05) is 25.2 Å². The van der Waals surface area contributed by atoms with E-state index in [-0.39, 0.29) is 0 Å². The van der Waals surface area contributed by atoms with Gasteiger partial charge < -0.3 is 5.32 Å². The minimum Gasteiger partial charge on any atom is -0.316 e. The van der Waals surface area contributed by atoms with Crippen molar-refractivity contribution in [3.63, 3.8) is 0 Å². The van der Waals surface area contributed by atoms with Gasteiger partial charge >= 0.3 is 0 Å². The lowest BCUT2D eigenvalue weighted by Gasteiger charge is -2.35. The molecule has 0 amide bonds. The number of likely N-dealkylation sites (N-methyl/N-ethyl adjacent to an activating group) is 1. The normalized spacial score (nSPS) is 32.6. The summed E-state index contributed by atoms with van der Waals surface area (Å²) in [4.78, 5) is 2.72. The number of rotatable bonds is 3. The van der Waals surface area contributed by atoms with Gasteiger partial charge in [0.2, 0.25) is 0 Å². The molecule has 2 heteroatoms. The summed E-state index contributed by atoms with van der Waals surface area (Å²) < 4.78 is 0. The molecular formula is C17H26N2. The van der Waals surface area contributed by atoms with Crippen molar-refractivity contribution in [2.24, 2.45) is 0 Å². The monoisotopic (exact) mass is 258 g/mol. The molecule has 3 rings (SSSR count). The summed E-state index contributed by atoms with van der Waals surface area (Å²) in [7, 11) is 2.10. The van der Waals surface area contributed by atoms with E-state index in [4.69, 9.17) is 0 Å². The molecular weight excluding hydrogens is 232 g/mol. The highest BCUT2D eigenvalue weighted by molar-refractivity contribution is 5.20. The smallest absolute Gasteiger partial charge is 0.0204 e. The molecule has 19 heavy (non-hydrogen) atoms. The summed E-state index contributed by atoms with van der Waals surface area (Å²) in [6.07, 6.45) is 6.84. The fourth-order valence-corrected chi connectivity index (χ4v) is 3.85. The van der Waals surface area contributed by atoms with Gasteiger partial charge in [-0.15, -0.1) is 0 Å². The highest BCUT2D eigenvalue weighted by Crippen LogP contribution is 2.35. The van der Waals surface area contributed by atoms with Gasteiger partial charge in [-0.3, -0.25) is 4.90 Å². The lowest BCUT2D eigenvalue weighted by molar-refractivity contribution is 0.178. The van der Waals surface area contributed by atoms with Gasteiger partial charge in [0.15, 0.2) is 0 Å². The van der Waals surface area contributed by atoms with E-state index in [9.17, 15) is 0 Å². The summed E-state index contributed by atoms with van der Waals surface area (Å²) in [5.74, 6) is 0.806. The Balaban J connectivity index is 1.53. The van der Waals surface area contributed by atoms with Crippen LogP contribution in [0.2, 0.25) is 0 Å². The second-order valence-corrected chi connectivity index (χ2v) is 6.19. The van der Waals surface area contributed by atoms with E-state index >= 15 is 0 Å². The van der Waals surface area contributed by atoms with Crippen LogP contribution < -0.4 is 5.32 Å². The Labute approximate surface area is 117 Å². The Morgan fingerprint density at radius 2 is 1.74 bits per heavy atom. The molecule has 1 N–H and O–H groups in total. The van der Waals surface area contributed by atoms with Crippen LogP contribution in [0, 0.1) is 0 Å². The van der Waals surface area contributed by atoms with E-state index < -0.39 is 0 Å². The van der Waals surface area contributed by atoms with Crippen LogP contribution in [0.25, 0.3) is 0 Å². The highest BCUT2D eigenvalue weighted by Gasteiger charge is 2.30. The average molecular weight is 258 g/mol. The number of hydrogen-bond acceptors (Lipinski definition) is 2. The molecule has 1 heterocycles. The third-order valence-electron chi connectivity index (χ3n) is 5.11. The van der Waals surface area contributed by atoms with Crippen LogP contribution >= 0.6 is 0 Å². The van der Waals surface area contributed by atoms with Crippen LogP contribution in [-0.4, -0.2) is 37.1 Å². The minimum atomic E-state index is 0.729. The lowest BCUT2D eigenvalue weighted by Crippen LogP contribution is -2.38. The molecule has 1 atom stereocenters. The predicted octanol–water partition coefficient (Wildman–Crippen LogP) is 3.01. The van der Waals surface area contributed by atoms with E-state index in [2.05, 4.69) is 47.6 Å². The highest BCUT2D eigenvalue weighted by atomic mass is 15.2. The molecule has 104 valence electrons. The van der Waals surface area contributed by atoms with Crippen molar-refractivity contribution in [1.82, 2.24) is 10.2 Å². The van der Waals surface area contributed by atoms with Crippen molar-refractivity contribution < 1.29 is 0 Å². The molecule has 1 aliphatic carbocycles. The van der Waals surface area contributed by atoms with Gasteiger partial charge in [0.1, 0.15) is 0 Å². The number of nitrogens with zero attached hydrogens (tertiary/aromatic N) is 1. The Bertz CT molecular complexity index is 382. The fourth-order valence-electron chi connectivity index (χ4n) is 3.85. The summed E-state index contributed by atoms with van der Waals surface area (Å²) >= 11 is 0. The summed E-state index contributed by atoms with van der Waals surface area (Å²) in [5, 5.41) is 3.43. The molecule has 1 aromatic carbocycles. The second-order valence-electron chi connectivity index (χ2n) is 6.19. The standard InChI is InChI=1S/C17H26N2/c1-18-16-11-12-19(13-16)17-9-7-15(8-10-17)14-5-3-2-4-6-14/h2-6,15-18H,7-13H2,1H3. The zero-order chi connectivity index (χ0) is 13.1. The van der Waals surface area contributed by atoms with Crippen LogP contribution in [0.5, 0.6) is 0 Å². The van der Waals surface area contributed by atoms with Gasteiger partial charge in [0.05, 0.1) is 0 Å². The van der Waals surface area contributed by atoms with E-state index in [1.807, 2.05) is 0 Å². The second kappa shape index (κ2) is 6.06. The van der Waals surface area contributed by atoms with Crippen molar-refractivity contribution in [1.29, 1.82) is 0 Å². The van der Waals surface area contributed by atoms with E-state index in [0.29, 0.717) is 0 Å². The molecule has 1 aromatic rings. The van der Waals surface area contributed by atoms with Crippen molar-refractivity contribution in [2.45, 2.75) is 50.1 Å². The van der Waals surface area contributed by atoms with Gasteiger partial charge in [-0.2, -0.15) is 0 Å². The zero-order valence-electron chi connectivity index (χ0n) is 12.0. The largest absolute Gasteiger partial charge is 0.316 e. The third kappa shape index (κ3) is 3.01. The number of nitrogens with one attached hydrogen (secondary N) is 1. The molecule has 2 aliphatic rings. The van der Waals surface area contributed by atoms with Gasteiger partial charge in [-0.25, -0.2) is 0 Å². The molecule has 1 saturated carbocycles. The quantitative estimate of drug-likeness (QED) is 0.896. The Hall–Kier alpha value is -0.860. The van der Waals surface area contributed by atoms with Crippen molar-refractivity contribution >= 4 is 0 Å². The van der Waals surface area contributed by atoms with E-state index in [1.165, 1.54) is 45.2 Å². The van der Waals surface area contributed by atoms with Gasteiger partial charge in [-0.1, -0.05) is 30.3 Å². The maximum Gasteiger partial charge on any atom is 0.0204 e. The van der Waals surface area contributed by atoms with Crippen molar-refractivity contribution in [3.8, 4) is 0 Å². The maximum atomic E-state index is 3.43. The summed E-state index contributed by atoms with van der Waals surface area (Å²) in [6, 6.07) is 12.7. The maximum absolute atomic E-state index is 3.43. The van der Waals surface area contributed by atoms with Crippen molar-refractivity contribution in [3.05, 3.63) is 35.9 Å². The van der Waals surface area contributed by atoms with Crippen LogP contribution in [0.15, 0.2) is 30.3 Å². The first-order valence-electron chi connectivity index (χ1n) is 7.83. The zero-order valence-corrected chi connectivity index (χ0v) is 12.0. The summed E-state index contributed by atoms with van der Waals surface area (Å²) in [6.45, 7) is 2.56. The molecule has 2 fully saturated rings. The van der Waals surface area contributed by atoms with Crippen LogP contribution in [-0.2, 0) is 0 Å². The molecule has 1 unspecified atom stereocenters. The first-order chi connectivity index (χ1) is 9.36. The number of benzene rings is 1. The number of likely N-dealkylation sites (tertiary alicyclic amines) is 1. The lowest BCUT2D eigenvalue weighted by atomic mass is 9.81. The summed E-state index contributed by atoms with van der Waals surface area (Å²) in [5.41, 5.74) is 1.55. The Kier molecular flexibility index (Phi) is 4.19. The van der Waals surface area contributed by atoms with Crippen molar-refractivity contribution in [2.75, 3.05) is 20.1 Å². The molecule has 0 spiro atoms. The molecule has 1 aliphatic heterocycles. The molecule has 2 nitrogen and oxygen atoms in total. The molecule has 1 saturated heterocycles. The fraction of sp³-hybridized carbons (Fsp3) is 0.647. The Morgan fingerprint density at radius 1 is 1.00 bits per heavy atom.